The summed E-state index contributed by atoms with van der Waals surface area (Å²) in [7, 11) is 0. The van der Waals surface area contributed by atoms with Crippen molar-refractivity contribution < 1.29 is 9.53 Å². The lowest BCUT2D eigenvalue weighted by Crippen LogP contribution is -2.41. The lowest BCUT2D eigenvalue weighted by Gasteiger charge is -2.26. The van der Waals surface area contributed by atoms with Gasteiger partial charge in [-0.3, -0.25) is 4.79 Å². The van der Waals surface area contributed by atoms with Crippen LogP contribution < -0.4 is 0 Å². The van der Waals surface area contributed by atoms with Crippen LogP contribution in [0.3, 0.4) is 0 Å². The number of hydrogen-bond donors (Lipinski definition) is 0. The van der Waals surface area contributed by atoms with Crippen LogP contribution in [-0.2, 0) is 9.53 Å². The number of rotatable bonds is 4. The van der Waals surface area contributed by atoms with E-state index in [1.807, 2.05) is 4.90 Å². The first-order valence-electron chi connectivity index (χ1n) is 4.70. The van der Waals surface area contributed by atoms with E-state index in [0.717, 1.165) is 19.5 Å². The molecule has 0 saturated carbocycles. The van der Waals surface area contributed by atoms with Crippen LogP contribution in [0.2, 0.25) is 0 Å². The molecular weight excluding hydrogens is 154 g/mol. The van der Waals surface area contributed by atoms with Gasteiger partial charge in [-0.25, -0.2) is 0 Å². The molecule has 0 bridgehead atoms. The van der Waals surface area contributed by atoms with Crippen LogP contribution in [0, 0.1) is 0 Å². The summed E-state index contributed by atoms with van der Waals surface area (Å²) in [5, 5.41) is 0. The van der Waals surface area contributed by atoms with Gasteiger partial charge in [0.2, 0.25) is 5.91 Å². The molecule has 0 spiro atoms. The van der Waals surface area contributed by atoms with Gasteiger partial charge in [0, 0.05) is 13.1 Å². The molecule has 1 heterocycles. The predicted molar refractivity (Wildman–Crippen MR) is 46.9 cm³/mol. The molecule has 1 aliphatic heterocycles. The largest absolute Gasteiger partial charge is 0.370 e. The molecule has 1 amide bonds. The normalized spacial score (nSPS) is 18.4. The predicted octanol–water partition coefficient (Wildman–Crippen LogP) is 1.04. The standard InChI is InChI=1S/C9H17NO2/c1-2-3-4-5-10-6-7-12-8-9(10)11/h2-8H2,1H3. The minimum absolute atomic E-state index is 0.150. The van der Waals surface area contributed by atoms with Crippen molar-refractivity contribution in [3.8, 4) is 0 Å². The fourth-order valence-corrected chi connectivity index (χ4v) is 1.34. The number of unbranched alkanes of at least 4 members (excludes halogenated alkanes) is 2. The van der Waals surface area contributed by atoms with Gasteiger partial charge in [-0.05, 0) is 6.42 Å². The molecule has 0 unspecified atom stereocenters. The zero-order chi connectivity index (χ0) is 8.81. The van der Waals surface area contributed by atoms with Gasteiger partial charge in [-0.2, -0.15) is 0 Å². The third-order valence-corrected chi connectivity index (χ3v) is 2.12. The SMILES string of the molecule is CCCCCN1CCOCC1=O. The molecule has 0 aromatic heterocycles. The van der Waals surface area contributed by atoms with Gasteiger partial charge in [-0.1, -0.05) is 19.8 Å². The summed E-state index contributed by atoms with van der Waals surface area (Å²) in [6, 6.07) is 0. The summed E-state index contributed by atoms with van der Waals surface area (Å²) >= 11 is 0. The van der Waals surface area contributed by atoms with Crippen LogP contribution in [0.4, 0.5) is 0 Å². The number of nitrogens with zero attached hydrogens (tertiary/aromatic N) is 1. The minimum atomic E-state index is 0.150. The Bertz CT molecular complexity index is 147. The number of morpholine rings is 1. The molecule has 1 aliphatic rings. The first-order valence-corrected chi connectivity index (χ1v) is 4.70. The molecule has 3 nitrogen and oxygen atoms in total. The fourth-order valence-electron chi connectivity index (χ4n) is 1.34. The molecule has 0 aliphatic carbocycles. The van der Waals surface area contributed by atoms with Crippen LogP contribution in [-0.4, -0.2) is 37.1 Å². The maximum absolute atomic E-state index is 11.2. The Morgan fingerprint density at radius 1 is 1.50 bits per heavy atom. The van der Waals surface area contributed by atoms with Crippen molar-refractivity contribution in [3.05, 3.63) is 0 Å². The Morgan fingerprint density at radius 3 is 3.00 bits per heavy atom. The van der Waals surface area contributed by atoms with Crippen molar-refractivity contribution in [1.82, 2.24) is 4.90 Å². The van der Waals surface area contributed by atoms with Crippen molar-refractivity contribution in [1.29, 1.82) is 0 Å². The molecular formula is C9H17NO2. The minimum Gasteiger partial charge on any atom is -0.370 e. The maximum Gasteiger partial charge on any atom is 0.248 e. The van der Waals surface area contributed by atoms with Crippen molar-refractivity contribution >= 4 is 5.91 Å². The van der Waals surface area contributed by atoms with E-state index in [9.17, 15) is 4.79 Å². The Morgan fingerprint density at radius 2 is 2.33 bits per heavy atom. The highest BCUT2D eigenvalue weighted by molar-refractivity contribution is 5.77. The highest BCUT2D eigenvalue weighted by atomic mass is 16.5. The molecule has 0 radical (unpaired) electrons. The van der Waals surface area contributed by atoms with E-state index < -0.39 is 0 Å². The monoisotopic (exact) mass is 171 g/mol. The zero-order valence-corrected chi connectivity index (χ0v) is 7.71. The topological polar surface area (TPSA) is 29.5 Å². The third-order valence-electron chi connectivity index (χ3n) is 2.12. The van der Waals surface area contributed by atoms with Gasteiger partial charge in [0.05, 0.1) is 6.61 Å². The highest BCUT2D eigenvalue weighted by Crippen LogP contribution is 2.02. The van der Waals surface area contributed by atoms with Gasteiger partial charge in [0.15, 0.2) is 0 Å². The molecule has 0 aromatic carbocycles. The van der Waals surface area contributed by atoms with Crippen molar-refractivity contribution in [2.24, 2.45) is 0 Å². The van der Waals surface area contributed by atoms with E-state index in [1.54, 1.807) is 0 Å². The number of hydrogen-bond acceptors (Lipinski definition) is 2. The first-order chi connectivity index (χ1) is 5.84. The van der Waals surface area contributed by atoms with E-state index in [4.69, 9.17) is 4.74 Å². The van der Waals surface area contributed by atoms with E-state index in [-0.39, 0.29) is 12.5 Å². The molecule has 12 heavy (non-hydrogen) atoms. The second-order valence-electron chi connectivity index (χ2n) is 3.14. The van der Waals surface area contributed by atoms with Crippen LogP contribution in [0.25, 0.3) is 0 Å². The molecule has 1 saturated heterocycles. The molecule has 0 aromatic rings. The van der Waals surface area contributed by atoms with Gasteiger partial charge in [-0.15, -0.1) is 0 Å². The smallest absolute Gasteiger partial charge is 0.248 e. The Kier molecular flexibility index (Phi) is 4.08. The quantitative estimate of drug-likeness (QED) is 0.591. The van der Waals surface area contributed by atoms with Crippen LogP contribution in [0.1, 0.15) is 26.2 Å². The van der Waals surface area contributed by atoms with Gasteiger partial charge in [0.25, 0.3) is 0 Å². The summed E-state index contributed by atoms with van der Waals surface area (Å²) in [4.78, 5) is 13.1. The lowest BCUT2D eigenvalue weighted by molar-refractivity contribution is -0.142. The summed E-state index contributed by atoms with van der Waals surface area (Å²) < 4.78 is 5.03. The molecule has 70 valence electrons. The van der Waals surface area contributed by atoms with Crippen LogP contribution in [0.5, 0.6) is 0 Å². The molecule has 0 atom stereocenters. The number of ether oxygens (including phenoxy) is 1. The summed E-state index contributed by atoms with van der Waals surface area (Å²) in [5.41, 5.74) is 0. The number of carbonyl (C=O) groups excluding carboxylic acids is 1. The van der Waals surface area contributed by atoms with Crippen LogP contribution >= 0.6 is 0 Å². The van der Waals surface area contributed by atoms with E-state index >= 15 is 0 Å². The summed E-state index contributed by atoms with van der Waals surface area (Å²) in [6.45, 7) is 4.85. The molecule has 0 N–H and O–H groups in total. The highest BCUT2D eigenvalue weighted by Gasteiger charge is 2.16. The summed E-state index contributed by atoms with van der Waals surface area (Å²) in [5.74, 6) is 0.150. The average Bonchev–Trinajstić information content (AvgIpc) is 2.09. The van der Waals surface area contributed by atoms with Crippen LogP contribution in [0.15, 0.2) is 0 Å². The summed E-state index contributed by atoms with van der Waals surface area (Å²) in [6.07, 6.45) is 3.55. The van der Waals surface area contributed by atoms with Crippen molar-refractivity contribution in [2.75, 3.05) is 26.3 Å². The van der Waals surface area contributed by atoms with Gasteiger partial charge >= 0.3 is 0 Å². The zero-order valence-electron chi connectivity index (χ0n) is 7.71. The second kappa shape index (κ2) is 5.14. The number of carbonyl (C=O) groups is 1. The lowest BCUT2D eigenvalue weighted by atomic mass is 10.2. The van der Waals surface area contributed by atoms with E-state index in [0.29, 0.717) is 6.61 Å². The molecule has 1 rings (SSSR count). The average molecular weight is 171 g/mol. The fraction of sp³-hybridized carbons (Fsp3) is 0.889. The number of amides is 1. The van der Waals surface area contributed by atoms with Gasteiger partial charge in [0.1, 0.15) is 6.61 Å². The second-order valence-corrected chi connectivity index (χ2v) is 3.14. The van der Waals surface area contributed by atoms with E-state index in [1.165, 1.54) is 12.8 Å². The Hall–Kier alpha value is -0.570. The first kappa shape index (κ1) is 9.52. The van der Waals surface area contributed by atoms with E-state index in [2.05, 4.69) is 6.92 Å². The van der Waals surface area contributed by atoms with Gasteiger partial charge < -0.3 is 9.64 Å². The maximum atomic E-state index is 11.2. The van der Waals surface area contributed by atoms with Crippen molar-refractivity contribution in [3.63, 3.8) is 0 Å². The molecule has 3 heteroatoms. The Balaban J connectivity index is 2.16. The van der Waals surface area contributed by atoms with Crippen molar-refractivity contribution in [2.45, 2.75) is 26.2 Å². The Labute approximate surface area is 73.7 Å². The third kappa shape index (κ3) is 2.81. The molecule has 1 fully saturated rings.